The van der Waals surface area contributed by atoms with Gasteiger partial charge in [-0.2, -0.15) is 0 Å². The third kappa shape index (κ3) is 2.80. The van der Waals surface area contributed by atoms with Crippen molar-refractivity contribution < 1.29 is 4.42 Å². The zero-order chi connectivity index (χ0) is 12.9. The molecule has 0 atom stereocenters. The van der Waals surface area contributed by atoms with E-state index in [-0.39, 0.29) is 0 Å². The standard InChI is InChI=1S/C15H13N3O/c1-2-5-12(6-3-1)14-9-15(18-11-17-14)16-10-13-7-4-8-19-13/h1-9,11H,10H2,(H,16,17,18). The van der Waals surface area contributed by atoms with Gasteiger partial charge in [-0.25, -0.2) is 9.97 Å². The van der Waals surface area contributed by atoms with E-state index >= 15 is 0 Å². The molecule has 4 nitrogen and oxygen atoms in total. The summed E-state index contributed by atoms with van der Waals surface area (Å²) in [7, 11) is 0. The van der Waals surface area contributed by atoms with Crippen LogP contribution in [0.15, 0.2) is 65.5 Å². The fourth-order valence-electron chi connectivity index (χ4n) is 1.81. The van der Waals surface area contributed by atoms with Crippen molar-refractivity contribution >= 4 is 5.82 Å². The molecule has 4 heteroatoms. The van der Waals surface area contributed by atoms with Crippen molar-refractivity contribution in [1.29, 1.82) is 0 Å². The summed E-state index contributed by atoms with van der Waals surface area (Å²) in [5.41, 5.74) is 1.98. The molecule has 0 saturated carbocycles. The maximum atomic E-state index is 5.26. The Bertz CT molecular complexity index is 636. The van der Waals surface area contributed by atoms with E-state index in [9.17, 15) is 0 Å². The molecule has 0 saturated heterocycles. The van der Waals surface area contributed by atoms with Gasteiger partial charge in [0, 0.05) is 11.6 Å². The molecule has 94 valence electrons. The Hall–Kier alpha value is -2.62. The number of hydrogen-bond donors (Lipinski definition) is 1. The molecular weight excluding hydrogens is 238 g/mol. The molecule has 1 N–H and O–H groups in total. The monoisotopic (exact) mass is 251 g/mol. The highest BCUT2D eigenvalue weighted by Gasteiger charge is 2.02. The normalized spacial score (nSPS) is 10.3. The number of furan rings is 1. The largest absolute Gasteiger partial charge is 0.467 e. The van der Waals surface area contributed by atoms with Crippen LogP contribution in [0.1, 0.15) is 5.76 Å². The summed E-state index contributed by atoms with van der Waals surface area (Å²) in [6.45, 7) is 0.609. The second-order valence-corrected chi connectivity index (χ2v) is 4.09. The molecule has 0 aliphatic heterocycles. The summed E-state index contributed by atoms with van der Waals surface area (Å²) in [5.74, 6) is 1.66. The van der Waals surface area contributed by atoms with Crippen LogP contribution in [0, 0.1) is 0 Å². The number of nitrogens with one attached hydrogen (secondary N) is 1. The Labute approximate surface area is 111 Å². The van der Waals surface area contributed by atoms with Crippen LogP contribution in [0.5, 0.6) is 0 Å². The average Bonchev–Trinajstić information content (AvgIpc) is 3.00. The van der Waals surface area contributed by atoms with Crippen LogP contribution in [0.25, 0.3) is 11.3 Å². The zero-order valence-corrected chi connectivity index (χ0v) is 10.3. The van der Waals surface area contributed by atoms with Gasteiger partial charge in [0.1, 0.15) is 17.9 Å². The predicted molar refractivity (Wildman–Crippen MR) is 73.5 cm³/mol. The third-order valence-electron chi connectivity index (χ3n) is 2.76. The highest BCUT2D eigenvalue weighted by Crippen LogP contribution is 2.18. The van der Waals surface area contributed by atoms with Crippen LogP contribution in [0.3, 0.4) is 0 Å². The number of rotatable bonds is 4. The highest BCUT2D eigenvalue weighted by atomic mass is 16.3. The Kier molecular flexibility index (Phi) is 3.23. The quantitative estimate of drug-likeness (QED) is 0.772. The second-order valence-electron chi connectivity index (χ2n) is 4.09. The number of hydrogen-bond acceptors (Lipinski definition) is 4. The summed E-state index contributed by atoms with van der Waals surface area (Å²) >= 11 is 0. The van der Waals surface area contributed by atoms with Gasteiger partial charge in [-0.3, -0.25) is 0 Å². The lowest BCUT2D eigenvalue weighted by molar-refractivity contribution is 0.518. The van der Waals surface area contributed by atoms with E-state index in [1.165, 1.54) is 0 Å². The van der Waals surface area contributed by atoms with Gasteiger partial charge in [-0.1, -0.05) is 30.3 Å². The topological polar surface area (TPSA) is 51.0 Å². The van der Waals surface area contributed by atoms with Crippen LogP contribution < -0.4 is 5.32 Å². The molecule has 1 aromatic carbocycles. The van der Waals surface area contributed by atoms with Crippen molar-refractivity contribution in [2.75, 3.05) is 5.32 Å². The number of nitrogens with zero attached hydrogens (tertiary/aromatic N) is 2. The summed E-state index contributed by atoms with van der Waals surface area (Å²) in [6, 6.07) is 15.7. The molecule has 0 radical (unpaired) electrons. The first kappa shape index (κ1) is 11.5. The van der Waals surface area contributed by atoms with Crippen molar-refractivity contribution in [3.63, 3.8) is 0 Å². The van der Waals surface area contributed by atoms with Gasteiger partial charge in [-0.15, -0.1) is 0 Å². The lowest BCUT2D eigenvalue weighted by Crippen LogP contribution is -2.01. The minimum Gasteiger partial charge on any atom is -0.467 e. The summed E-state index contributed by atoms with van der Waals surface area (Å²) in [5, 5.41) is 3.21. The molecule has 0 bridgehead atoms. The summed E-state index contributed by atoms with van der Waals surface area (Å²) in [4.78, 5) is 8.48. The predicted octanol–water partition coefficient (Wildman–Crippen LogP) is 3.35. The second kappa shape index (κ2) is 5.35. The molecule has 0 amide bonds. The van der Waals surface area contributed by atoms with Crippen LogP contribution in [-0.4, -0.2) is 9.97 Å². The van der Waals surface area contributed by atoms with E-state index in [2.05, 4.69) is 15.3 Å². The molecule has 0 fully saturated rings. The lowest BCUT2D eigenvalue weighted by atomic mass is 10.1. The molecule has 0 spiro atoms. The Morgan fingerprint density at radius 3 is 2.68 bits per heavy atom. The van der Waals surface area contributed by atoms with Gasteiger partial charge in [0.25, 0.3) is 0 Å². The van der Waals surface area contributed by atoms with E-state index in [0.29, 0.717) is 6.54 Å². The molecule has 3 aromatic rings. The molecule has 19 heavy (non-hydrogen) atoms. The van der Waals surface area contributed by atoms with Gasteiger partial charge in [0.2, 0.25) is 0 Å². The first-order valence-corrected chi connectivity index (χ1v) is 6.05. The first-order valence-electron chi connectivity index (χ1n) is 6.05. The molecule has 0 aliphatic carbocycles. The molecule has 0 aliphatic rings. The van der Waals surface area contributed by atoms with E-state index in [0.717, 1.165) is 22.8 Å². The molecule has 2 heterocycles. The molecule has 3 rings (SSSR count). The number of benzene rings is 1. The van der Waals surface area contributed by atoms with Gasteiger partial charge in [0.05, 0.1) is 18.5 Å². The molecule has 0 unspecified atom stereocenters. The van der Waals surface area contributed by atoms with Gasteiger partial charge >= 0.3 is 0 Å². The average molecular weight is 251 g/mol. The molecule has 2 aromatic heterocycles. The van der Waals surface area contributed by atoms with Crippen molar-refractivity contribution in [1.82, 2.24) is 9.97 Å². The van der Waals surface area contributed by atoms with Crippen LogP contribution in [0.4, 0.5) is 5.82 Å². The lowest BCUT2D eigenvalue weighted by Gasteiger charge is -2.05. The van der Waals surface area contributed by atoms with Crippen LogP contribution >= 0.6 is 0 Å². The van der Waals surface area contributed by atoms with Gasteiger partial charge in [0.15, 0.2) is 0 Å². The Morgan fingerprint density at radius 1 is 1.00 bits per heavy atom. The summed E-state index contributed by atoms with van der Waals surface area (Å²) in [6.07, 6.45) is 3.22. The van der Waals surface area contributed by atoms with E-state index in [1.807, 2.05) is 48.5 Å². The molecular formula is C15H13N3O. The fraction of sp³-hybridized carbons (Fsp3) is 0.0667. The van der Waals surface area contributed by atoms with E-state index < -0.39 is 0 Å². The minimum atomic E-state index is 0.609. The van der Waals surface area contributed by atoms with Crippen molar-refractivity contribution in [2.45, 2.75) is 6.54 Å². The van der Waals surface area contributed by atoms with Crippen molar-refractivity contribution in [3.8, 4) is 11.3 Å². The Morgan fingerprint density at radius 2 is 1.89 bits per heavy atom. The number of anilines is 1. The van der Waals surface area contributed by atoms with Crippen LogP contribution in [0.2, 0.25) is 0 Å². The SMILES string of the molecule is c1ccc(-c2cc(NCc3ccco3)ncn2)cc1. The van der Waals surface area contributed by atoms with Gasteiger partial charge in [-0.05, 0) is 12.1 Å². The Balaban J connectivity index is 1.77. The maximum absolute atomic E-state index is 5.26. The maximum Gasteiger partial charge on any atom is 0.130 e. The summed E-state index contributed by atoms with van der Waals surface area (Å²) < 4.78 is 5.26. The van der Waals surface area contributed by atoms with Crippen LogP contribution in [-0.2, 0) is 6.54 Å². The third-order valence-corrected chi connectivity index (χ3v) is 2.76. The minimum absolute atomic E-state index is 0.609. The zero-order valence-electron chi connectivity index (χ0n) is 10.3. The highest BCUT2D eigenvalue weighted by molar-refractivity contribution is 5.61. The first-order chi connectivity index (χ1) is 9.42. The van der Waals surface area contributed by atoms with Crippen molar-refractivity contribution in [2.24, 2.45) is 0 Å². The van der Waals surface area contributed by atoms with Gasteiger partial charge < -0.3 is 9.73 Å². The number of aromatic nitrogens is 2. The smallest absolute Gasteiger partial charge is 0.130 e. The van der Waals surface area contributed by atoms with E-state index in [1.54, 1.807) is 12.6 Å². The van der Waals surface area contributed by atoms with E-state index in [4.69, 9.17) is 4.42 Å². The van der Waals surface area contributed by atoms with Crippen molar-refractivity contribution in [3.05, 3.63) is 66.9 Å². The fourth-order valence-corrected chi connectivity index (χ4v) is 1.81.